The highest BCUT2D eigenvalue weighted by molar-refractivity contribution is 14.0. The molecule has 0 saturated carbocycles. The lowest BCUT2D eigenvalue weighted by molar-refractivity contribution is 0.173. The molecule has 1 aromatic carbocycles. The van der Waals surface area contributed by atoms with Gasteiger partial charge in [-0.05, 0) is 43.9 Å². The van der Waals surface area contributed by atoms with Crippen LogP contribution in [0.2, 0.25) is 0 Å². The van der Waals surface area contributed by atoms with Gasteiger partial charge in [-0.2, -0.15) is 11.8 Å². The number of aliphatic imine (C=N–C) groups is 1. The molecule has 0 aliphatic carbocycles. The number of unbranched alkanes of at least 4 members (excludes halogenated alkanes) is 1. The number of halogens is 1. The van der Waals surface area contributed by atoms with Gasteiger partial charge in [0.25, 0.3) is 0 Å². The van der Waals surface area contributed by atoms with Gasteiger partial charge in [-0.25, -0.2) is 0 Å². The quantitative estimate of drug-likeness (QED) is 0.232. The van der Waals surface area contributed by atoms with Crippen LogP contribution in [0.5, 0.6) is 17.2 Å². The zero-order valence-electron chi connectivity index (χ0n) is 14.9. The summed E-state index contributed by atoms with van der Waals surface area (Å²) in [5, 5.41) is 6.53. The Morgan fingerprint density at radius 2 is 2.08 bits per heavy atom. The van der Waals surface area contributed by atoms with Crippen molar-refractivity contribution in [1.82, 2.24) is 10.6 Å². The van der Waals surface area contributed by atoms with Gasteiger partial charge in [-0.15, -0.1) is 24.0 Å². The molecule has 1 heterocycles. The molecule has 0 radical (unpaired) electrons. The summed E-state index contributed by atoms with van der Waals surface area (Å²) < 4.78 is 16.4. The maximum Gasteiger partial charge on any atom is 0.231 e. The van der Waals surface area contributed by atoms with E-state index in [2.05, 4.69) is 28.8 Å². The van der Waals surface area contributed by atoms with Crippen LogP contribution in [0.4, 0.5) is 0 Å². The van der Waals surface area contributed by atoms with E-state index in [4.69, 9.17) is 14.2 Å². The van der Waals surface area contributed by atoms with E-state index in [0.717, 1.165) is 42.7 Å². The number of rotatable bonds is 10. The molecule has 1 aliphatic rings. The Labute approximate surface area is 171 Å². The first-order valence-electron chi connectivity index (χ1n) is 8.37. The molecule has 0 amide bonds. The Morgan fingerprint density at radius 3 is 2.88 bits per heavy atom. The topological polar surface area (TPSA) is 64.1 Å². The molecule has 142 valence electrons. The number of nitrogens with zero attached hydrogens (tertiary/aromatic N) is 1. The van der Waals surface area contributed by atoms with Crippen LogP contribution in [-0.4, -0.2) is 51.0 Å². The van der Waals surface area contributed by atoms with Gasteiger partial charge in [0.1, 0.15) is 12.4 Å². The van der Waals surface area contributed by atoms with Gasteiger partial charge in [-0.3, -0.25) is 4.99 Å². The normalized spacial score (nSPS) is 12.5. The number of fused-ring (bicyclic) bond motifs is 1. The predicted octanol–water partition coefficient (Wildman–Crippen LogP) is 3.11. The molecule has 0 fully saturated rings. The van der Waals surface area contributed by atoms with Crippen LogP contribution in [0, 0.1) is 0 Å². The minimum Gasteiger partial charge on any atom is -0.492 e. The maximum atomic E-state index is 5.73. The van der Waals surface area contributed by atoms with Crippen molar-refractivity contribution in [3.8, 4) is 17.2 Å². The summed E-state index contributed by atoms with van der Waals surface area (Å²) in [6, 6.07) is 5.61. The molecule has 0 saturated heterocycles. The molecular weight excluding hydrogens is 453 g/mol. The van der Waals surface area contributed by atoms with Crippen LogP contribution >= 0.6 is 35.7 Å². The lowest BCUT2D eigenvalue weighted by atomic mass is 10.3. The summed E-state index contributed by atoms with van der Waals surface area (Å²) in [4.78, 5) is 4.57. The standard InChI is InChI=1S/C17H27N3O3S.HI/c1-3-18-17(19-8-4-5-11-24-2)20-9-10-21-14-6-7-15-16(12-14)23-13-22-15;/h6-7,12H,3-5,8-11,13H2,1-2H3,(H2,18,19,20);1H. The van der Waals surface area contributed by atoms with Gasteiger partial charge in [0.15, 0.2) is 17.5 Å². The maximum absolute atomic E-state index is 5.73. The Kier molecular flexibility index (Phi) is 11.6. The summed E-state index contributed by atoms with van der Waals surface area (Å²) >= 11 is 1.88. The second-order valence-electron chi connectivity index (χ2n) is 5.25. The third-order valence-corrected chi connectivity index (χ3v) is 4.07. The van der Waals surface area contributed by atoms with Crippen LogP contribution in [0.3, 0.4) is 0 Å². The van der Waals surface area contributed by atoms with Gasteiger partial charge in [0, 0.05) is 19.2 Å². The Morgan fingerprint density at radius 1 is 1.24 bits per heavy atom. The number of thioether (sulfide) groups is 1. The van der Waals surface area contributed by atoms with Crippen molar-refractivity contribution >= 4 is 41.7 Å². The lowest BCUT2D eigenvalue weighted by Crippen LogP contribution is -2.39. The van der Waals surface area contributed by atoms with Crippen molar-refractivity contribution in [2.75, 3.05) is 45.0 Å². The van der Waals surface area contributed by atoms with E-state index in [9.17, 15) is 0 Å². The predicted molar refractivity (Wildman–Crippen MR) is 115 cm³/mol. The van der Waals surface area contributed by atoms with E-state index in [1.54, 1.807) is 0 Å². The Balaban J connectivity index is 0.00000312. The molecule has 6 nitrogen and oxygen atoms in total. The van der Waals surface area contributed by atoms with Crippen LogP contribution in [0.1, 0.15) is 19.8 Å². The number of hydrogen-bond donors (Lipinski definition) is 2. The van der Waals surface area contributed by atoms with Crippen molar-refractivity contribution in [3.05, 3.63) is 18.2 Å². The summed E-state index contributed by atoms with van der Waals surface area (Å²) in [5.74, 6) is 4.32. The van der Waals surface area contributed by atoms with Crippen LogP contribution in [-0.2, 0) is 0 Å². The first-order chi connectivity index (χ1) is 11.8. The monoisotopic (exact) mass is 481 g/mol. The molecule has 8 heteroatoms. The fourth-order valence-corrected chi connectivity index (χ4v) is 2.69. The van der Waals surface area contributed by atoms with Crippen molar-refractivity contribution in [2.24, 2.45) is 4.99 Å². The fraction of sp³-hybridized carbons (Fsp3) is 0.588. The average molecular weight is 481 g/mol. The lowest BCUT2D eigenvalue weighted by Gasteiger charge is -2.12. The van der Waals surface area contributed by atoms with E-state index in [0.29, 0.717) is 13.2 Å². The molecule has 25 heavy (non-hydrogen) atoms. The molecular formula is C17H28IN3O3S. The van der Waals surface area contributed by atoms with E-state index in [1.165, 1.54) is 12.2 Å². The molecule has 0 bridgehead atoms. The minimum atomic E-state index is 0. The van der Waals surface area contributed by atoms with Gasteiger partial charge >= 0.3 is 0 Å². The molecule has 0 aromatic heterocycles. The van der Waals surface area contributed by atoms with Crippen molar-refractivity contribution in [3.63, 3.8) is 0 Å². The van der Waals surface area contributed by atoms with Crippen LogP contribution < -0.4 is 24.8 Å². The average Bonchev–Trinajstić information content (AvgIpc) is 3.06. The molecule has 0 atom stereocenters. The highest BCUT2D eigenvalue weighted by atomic mass is 127. The first kappa shape index (κ1) is 22.0. The van der Waals surface area contributed by atoms with Crippen LogP contribution in [0.25, 0.3) is 0 Å². The van der Waals surface area contributed by atoms with Crippen molar-refractivity contribution < 1.29 is 14.2 Å². The zero-order chi connectivity index (χ0) is 17.0. The minimum absolute atomic E-state index is 0. The van der Waals surface area contributed by atoms with Gasteiger partial charge in [0.2, 0.25) is 6.79 Å². The smallest absolute Gasteiger partial charge is 0.231 e. The largest absolute Gasteiger partial charge is 0.492 e. The first-order valence-corrected chi connectivity index (χ1v) is 9.76. The molecule has 1 aliphatic heterocycles. The number of benzene rings is 1. The summed E-state index contributed by atoms with van der Waals surface area (Å²) in [5.41, 5.74) is 0. The fourth-order valence-electron chi connectivity index (χ4n) is 2.20. The van der Waals surface area contributed by atoms with Crippen LogP contribution in [0.15, 0.2) is 23.2 Å². The molecule has 0 spiro atoms. The van der Waals surface area contributed by atoms with E-state index >= 15 is 0 Å². The van der Waals surface area contributed by atoms with Gasteiger partial charge in [-0.1, -0.05) is 0 Å². The molecule has 1 aromatic rings. The Hall–Kier alpha value is -1.03. The second kappa shape index (κ2) is 13.2. The molecule has 2 N–H and O–H groups in total. The van der Waals surface area contributed by atoms with E-state index < -0.39 is 0 Å². The molecule has 2 rings (SSSR count). The summed E-state index contributed by atoms with van der Waals surface area (Å²) in [6.07, 6.45) is 4.46. The SMILES string of the molecule is CCNC(=NCCCCSC)NCCOc1ccc2c(c1)OCO2.I. The summed E-state index contributed by atoms with van der Waals surface area (Å²) in [7, 11) is 0. The second-order valence-corrected chi connectivity index (χ2v) is 6.24. The van der Waals surface area contributed by atoms with Crippen molar-refractivity contribution in [1.29, 1.82) is 0 Å². The van der Waals surface area contributed by atoms with Gasteiger partial charge < -0.3 is 24.8 Å². The Bertz CT molecular complexity index is 532. The third-order valence-electron chi connectivity index (χ3n) is 3.38. The van der Waals surface area contributed by atoms with Gasteiger partial charge in [0.05, 0.1) is 6.54 Å². The third kappa shape index (κ3) is 8.26. The highest BCUT2D eigenvalue weighted by Crippen LogP contribution is 2.34. The number of nitrogens with one attached hydrogen (secondary N) is 2. The van der Waals surface area contributed by atoms with E-state index in [-0.39, 0.29) is 30.8 Å². The number of guanidine groups is 1. The number of hydrogen-bond acceptors (Lipinski definition) is 5. The van der Waals surface area contributed by atoms with E-state index in [1.807, 2.05) is 30.0 Å². The highest BCUT2D eigenvalue weighted by Gasteiger charge is 2.13. The molecule has 0 unspecified atom stereocenters. The van der Waals surface area contributed by atoms with Crippen molar-refractivity contribution in [2.45, 2.75) is 19.8 Å². The number of ether oxygens (including phenoxy) is 3. The summed E-state index contributed by atoms with van der Waals surface area (Å²) in [6.45, 7) is 5.27. The zero-order valence-corrected chi connectivity index (χ0v) is 18.0.